The molecule has 0 amide bonds. The summed E-state index contributed by atoms with van der Waals surface area (Å²) in [4.78, 5) is 14.2. The summed E-state index contributed by atoms with van der Waals surface area (Å²) < 4.78 is 12.0. The Morgan fingerprint density at radius 2 is 1.94 bits per heavy atom. The normalized spacial score (nSPS) is 11.2. The third-order valence-corrected chi connectivity index (χ3v) is 6.00. The number of aromatic nitrogens is 2. The Morgan fingerprint density at radius 1 is 1.09 bits per heavy atom. The molecular weight excluding hydrogens is 442 g/mol. The minimum absolute atomic E-state index is 0.112. The number of ether oxygens (including phenoxy) is 1. The quantitative estimate of drug-likeness (QED) is 0.230. The first-order valence-corrected chi connectivity index (χ1v) is 11.8. The van der Waals surface area contributed by atoms with E-state index in [4.69, 9.17) is 14.4 Å². The van der Waals surface area contributed by atoms with Gasteiger partial charge in [-0.2, -0.15) is 0 Å². The molecule has 0 spiro atoms. The van der Waals surface area contributed by atoms with Crippen LogP contribution >= 0.6 is 0 Å². The van der Waals surface area contributed by atoms with Crippen LogP contribution in [0.3, 0.4) is 0 Å². The van der Waals surface area contributed by atoms with E-state index in [1.54, 1.807) is 0 Å². The van der Waals surface area contributed by atoms with Crippen molar-refractivity contribution >= 4 is 33.5 Å². The molecule has 178 valence electrons. The standard InChI is InChI=1S/C28H27N3O4/c1-2-6-22-25(12-10-23-27(31-35-28(22)23)18-7-4-3-5-8-18)34-14-13-21-16-19-15-20(29-17-26(32)33)9-11-24(19)30-21/h3-5,7-12,15-16,29-30H,2,6,13-14,17H2,1H3,(H,32,33). The summed E-state index contributed by atoms with van der Waals surface area (Å²) in [6, 6.07) is 21.9. The van der Waals surface area contributed by atoms with Gasteiger partial charge in [0.2, 0.25) is 0 Å². The molecule has 0 aliphatic heterocycles. The highest BCUT2D eigenvalue weighted by atomic mass is 16.5. The summed E-state index contributed by atoms with van der Waals surface area (Å²) in [7, 11) is 0. The molecule has 35 heavy (non-hydrogen) atoms. The molecule has 5 rings (SSSR count). The van der Waals surface area contributed by atoms with Gasteiger partial charge >= 0.3 is 5.97 Å². The van der Waals surface area contributed by atoms with Crippen LogP contribution in [0.4, 0.5) is 5.69 Å². The Kier molecular flexibility index (Phi) is 6.39. The smallest absolute Gasteiger partial charge is 0.322 e. The average molecular weight is 470 g/mol. The van der Waals surface area contributed by atoms with Crippen molar-refractivity contribution < 1.29 is 19.2 Å². The first kappa shape index (κ1) is 22.5. The van der Waals surface area contributed by atoms with E-state index in [9.17, 15) is 4.79 Å². The minimum Gasteiger partial charge on any atom is -0.493 e. The van der Waals surface area contributed by atoms with E-state index in [2.05, 4.69) is 28.4 Å². The van der Waals surface area contributed by atoms with Crippen LogP contribution < -0.4 is 10.1 Å². The highest BCUT2D eigenvalue weighted by molar-refractivity contribution is 5.94. The number of hydrogen-bond acceptors (Lipinski definition) is 5. The highest BCUT2D eigenvalue weighted by Gasteiger charge is 2.17. The van der Waals surface area contributed by atoms with Crippen LogP contribution in [0.15, 0.2) is 71.3 Å². The van der Waals surface area contributed by atoms with Gasteiger partial charge in [-0.3, -0.25) is 4.79 Å². The fourth-order valence-electron chi connectivity index (χ4n) is 4.35. The third kappa shape index (κ3) is 4.84. The van der Waals surface area contributed by atoms with Crippen molar-refractivity contribution in [2.45, 2.75) is 26.2 Å². The van der Waals surface area contributed by atoms with Gasteiger partial charge in [0.1, 0.15) is 18.0 Å². The molecule has 7 nitrogen and oxygen atoms in total. The molecule has 0 unspecified atom stereocenters. The van der Waals surface area contributed by atoms with Gasteiger partial charge in [0.05, 0.1) is 12.0 Å². The highest BCUT2D eigenvalue weighted by Crippen LogP contribution is 2.35. The Morgan fingerprint density at radius 3 is 2.74 bits per heavy atom. The molecule has 7 heteroatoms. The second-order valence-electron chi connectivity index (χ2n) is 8.51. The Balaban J connectivity index is 1.32. The Hall–Kier alpha value is -4.26. The van der Waals surface area contributed by atoms with Gasteiger partial charge < -0.3 is 24.7 Å². The summed E-state index contributed by atoms with van der Waals surface area (Å²) in [6.07, 6.45) is 2.52. The number of fused-ring (bicyclic) bond motifs is 2. The summed E-state index contributed by atoms with van der Waals surface area (Å²) >= 11 is 0. The zero-order chi connectivity index (χ0) is 24.2. The number of aliphatic carboxylic acids is 1. The first-order valence-electron chi connectivity index (χ1n) is 11.8. The number of carbonyl (C=O) groups is 1. The van der Waals surface area contributed by atoms with Gasteiger partial charge in [-0.1, -0.05) is 48.8 Å². The minimum atomic E-state index is -0.890. The number of aryl methyl sites for hydroxylation is 1. The number of benzene rings is 3. The predicted molar refractivity (Wildman–Crippen MR) is 137 cm³/mol. The molecule has 0 fully saturated rings. The van der Waals surface area contributed by atoms with Crippen LogP contribution in [0.5, 0.6) is 5.75 Å². The topological polar surface area (TPSA) is 100 Å². The van der Waals surface area contributed by atoms with Crippen molar-refractivity contribution in [3.05, 3.63) is 78.0 Å². The fraction of sp³-hybridized carbons (Fsp3) is 0.214. The van der Waals surface area contributed by atoms with Gasteiger partial charge in [0.25, 0.3) is 0 Å². The number of anilines is 1. The van der Waals surface area contributed by atoms with E-state index in [1.165, 1.54) is 0 Å². The zero-order valence-corrected chi connectivity index (χ0v) is 19.5. The first-order chi connectivity index (χ1) is 17.1. The van der Waals surface area contributed by atoms with E-state index < -0.39 is 5.97 Å². The van der Waals surface area contributed by atoms with E-state index in [-0.39, 0.29) is 6.54 Å². The lowest BCUT2D eigenvalue weighted by Crippen LogP contribution is -2.11. The lowest BCUT2D eigenvalue weighted by Gasteiger charge is -2.11. The van der Waals surface area contributed by atoms with Crippen LogP contribution in [-0.2, 0) is 17.6 Å². The molecule has 2 heterocycles. The summed E-state index contributed by atoms with van der Waals surface area (Å²) in [5, 5.41) is 18.1. The average Bonchev–Trinajstić information content (AvgIpc) is 3.48. The molecule has 0 saturated carbocycles. The van der Waals surface area contributed by atoms with Crippen LogP contribution in [0.2, 0.25) is 0 Å². The molecule has 0 aliphatic carbocycles. The Bertz CT molecular complexity index is 1470. The monoisotopic (exact) mass is 469 g/mol. The lowest BCUT2D eigenvalue weighted by molar-refractivity contribution is -0.134. The molecule has 0 atom stereocenters. The number of H-pyrrole nitrogens is 1. The SMILES string of the molecule is CCCc1c(OCCc2cc3cc(NCC(=O)O)ccc3[nH]2)ccc2c(-c3ccccc3)noc12. The van der Waals surface area contributed by atoms with Crippen molar-refractivity contribution in [3.8, 4) is 17.0 Å². The largest absolute Gasteiger partial charge is 0.493 e. The molecule has 3 aromatic carbocycles. The van der Waals surface area contributed by atoms with Gasteiger partial charge in [-0.05, 0) is 42.8 Å². The molecule has 5 aromatic rings. The van der Waals surface area contributed by atoms with Gasteiger partial charge in [-0.15, -0.1) is 0 Å². The number of rotatable bonds is 10. The maximum Gasteiger partial charge on any atom is 0.322 e. The molecule has 0 radical (unpaired) electrons. The molecule has 2 aromatic heterocycles. The van der Waals surface area contributed by atoms with E-state index in [1.807, 2.05) is 60.7 Å². The maximum absolute atomic E-state index is 10.8. The second-order valence-corrected chi connectivity index (χ2v) is 8.51. The van der Waals surface area contributed by atoms with Crippen molar-refractivity contribution in [2.24, 2.45) is 0 Å². The number of nitrogens with zero attached hydrogens (tertiary/aromatic N) is 1. The van der Waals surface area contributed by atoms with Gasteiger partial charge in [0, 0.05) is 39.8 Å². The Labute approximate surface area is 202 Å². The molecular formula is C28H27N3O4. The maximum atomic E-state index is 10.8. The number of carboxylic acids is 1. The van der Waals surface area contributed by atoms with Gasteiger partial charge in [0.15, 0.2) is 5.58 Å². The van der Waals surface area contributed by atoms with E-state index >= 15 is 0 Å². The number of hydrogen-bond donors (Lipinski definition) is 3. The molecule has 0 saturated heterocycles. The van der Waals surface area contributed by atoms with Crippen LogP contribution in [-0.4, -0.2) is 34.4 Å². The molecule has 3 N–H and O–H groups in total. The van der Waals surface area contributed by atoms with Crippen molar-refractivity contribution in [2.75, 3.05) is 18.5 Å². The number of nitrogens with one attached hydrogen (secondary N) is 2. The second kappa shape index (κ2) is 9.93. The van der Waals surface area contributed by atoms with Crippen molar-refractivity contribution in [1.29, 1.82) is 0 Å². The van der Waals surface area contributed by atoms with Crippen LogP contribution in [0.1, 0.15) is 24.6 Å². The van der Waals surface area contributed by atoms with Crippen LogP contribution in [0, 0.1) is 0 Å². The molecule has 0 aliphatic rings. The fourth-order valence-corrected chi connectivity index (χ4v) is 4.35. The lowest BCUT2D eigenvalue weighted by atomic mass is 10.0. The predicted octanol–water partition coefficient (Wildman–Crippen LogP) is 6.05. The summed E-state index contributed by atoms with van der Waals surface area (Å²) in [5.41, 5.74) is 6.55. The van der Waals surface area contributed by atoms with Crippen molar-refractivity contribution in [1.82, 2.24) is 10.1 Å². The van der Waals surface area contributed by atoms with E-state index in [0.29, 0.717) is 13.0 Å². The summed E-state index contributed by atoms with van der Waals surface area (Å²) in [5.74, 6) is -0.0642. The summed E-state index contributed by atoms with van der Waals surface area (Å²) in [6.45, 7) is 2.54. The number of aromatic amines is 1. The van der Waals surface area contributed by atoms with E-state index in [0.717, 1.165) is 68.7 Å². The van der Waals surface area contributed by atoms with Gasteiger partial charge in [-0.25, -0.2) is 0 Å². The third-order valence-electron chi connectivity index (χ3n) is 6.00. The van der Waals surface area contributed by atoms with Crippen LogP contribution in [0.25, 0.3) is 33.1 Å². The zero-order valence-electron chi connectivity index (χ0n) is 19.5. The number of carboxylic acid groups (broad SMARTS) is 1. The molecule has 0 bridgehead atoms. The van der Waals surface area contributed by atoms with Crippen molar-refractivity contribution in [3.63, 3.8) is 0 Å².